The smallest absolute Gasteiger partial charge is 0.264 e. The Balaban J connectivity index is 1.51. The number of methoxy groups -OCH3 is 2. The third-order valence-electron chi connectivity index (χ3n) is 5.48. The number of benzene rings is 1. The van der Waals surface area contributed by atoms with Gasteiger partial charge in [0.2, 0.25) is 5.88 Å². The number of carbonyl (C=O) groups is 2. The Morgan fingerprint density at radius 1 is 1.03 bits per heavy atom. The largest absolute Gasteiger partial charge is 0.480 e. The minimum atomic E-state index is -1.07. The summed E-state index contributed by atoms with van der Waals surface area (Å²) in [7, 11) is 3.06. The van der Waals surface area contributed by atoms with E-state index in [2.05, 4.69) is 9.97 Å². The molecule has 8 nitrogen and oxygen atoms in total. The first-order valence-corrected chi connectivity index (χ1v) is 11.0. The fourth-order valence-corrected chi connectivity index (χ4v) is 4.92. The first-order chi connectivity index (χ1) is 15.8. The van der Waals surface area contributed by atoms with E-state index >= 15 is 0 Å². The number of rotatable bonds is 5. The molecule has 174 valence electrons. The van der Waals surface area contributed by atoms with Crippen molar-refractivity contribution in [3.05, 3.63) is 51.7 Å². The van der Waals surface area contributed by atoms with Crippen LogP contribution >= 0.6 is 11.3 Å². The van der Waals surface area contributed by atoms with Gasteiger partial charge in [-0.05, 0) is 30.7 Å². The molecule has 4 rings (SSSR count). The highest BCUT2D eigenvalue weighted by Gasteiger charge is 2.29. The van der Waals surface area contributed by atoms with Crippen molar-refractivity contribution in [2.24, 2.45) is 0 Å². The van der Waals surface area contributed by atoms with Crippen molar-refractivity contribution in [3.8, 4) is 5.88 Å². The van der Waals surface area contributed by atoms with Gasteiger partial charge in [-0.1, -0.05) is 0 Å². The second-order valence-corrected chi connectivity index (χ2v) is 8.53. The van der Waals surface area contributed by atoms with Crippen LogP contribution in [0.1, 0.15) is 31.4 Å². The molecule has 33 heavy (non-hydrogen) atoms. The number of ether oxygens (including phenoxy) is 2. The minimum Gasteiger partial charge on any atom is -0.480 e. The Morgan fingerprint density at radius 2 is 1.70 bits per heavy atom. The van der Waals surface area contributed by atoms with Crippen LogP contribution in [0.15, 0.2) is 18.2 Å². The van der Waals surface area contributed by atoms with Crippen molar-refractivity contribution in [3.63, 3.8) is 0 Å². The maximum atomic E-state index is 13.5. The zero-order chi connectivity index (χ0) is 23.7. The Kier molecular flexibility index (Phi) is 6.52. The summed E-state index contributed by atoms with van der Waals surface area (Å²) < 4.78 is 37.2. The molecule has 0 N–H and O–H groups in total. The Hall–Kier alpha value is -3.18. The molecule has 1 aliphatic heterocycles. The molecule has 3 aromatic rings. The minimum absolute atomic E-state index is 0.0755. The summed E-state index contributed by atoms with van der Waals surface area (Å²) in [6.45, 7) is 3.26. The highest BCUT2D eigenvalue weighted by molar-refractivity contribution is 7.20. The predicted molar refractivity (Wildman–Crippen MR) is 118 cm³/mol. The van der Waals surface area contributed by atoms with Gasteiger partial charge >= 0.3 is 0 Å². The fraction of sp³-hybridized carbons (Fsp3) is 0.364. The van der Waals surface area contributed by atoms with E-state index in [9.17, 15) is 18.4 Å². The monoisotopic (exact) mass is 476 g/mol. The van der Waals surface area contributed by atoms with Crippen molar-refractivity contribution in [1.29, 1.82) is 0 Å². The number of amides is 2. The second kappa shape index (κ2) is 9.36. The molecule has 0 saturated carbocycles. The van der Waals surface area contributed by atoms with Crippen LogP contribution < -0.4 is 4.74 Å². The van der Waals surface area contributed by atoms with Gasteiger partial charge in [0.1, 0.15) is 11.4 Å². The van der Waals surface area contributed by atoms with Crippen molar-refractivity contribution in [2.45, 2.75) is 13.5 Å². The van der Waals surface area contributed by atoms with Gasteiger partial charge in [0.05, 0.1) is 17.4 Å². The molecule has 0 unspecified atom stereocenters. The first kappa shape index (κ1) is 23.0. The lowest BCUT2D eigenvalue weighted by atomic mass is 10.1. The van der Waals surface area contributed by atoms with Crippen molar-refractivity contribution in [2.75, 3.05) is 40.4 Å². The summed E-state index contributed by atoms with van der Waals surface area (Å²) in [4.78, 5) is 39.1. The maximum Gasteiger partial charge on any atom is 0.264 e. The molecule has 1 aliphatic rings. The third-order valence-corrected chi connectivity index (χ3v) is 6.66. The zero-order valence-electron chi connectivity index (χ0n) is 18.4. The van der Waals surface area contributed by atoms with Crippen LogP contribution in [0.3, 0.4) is 0 Å². The second-order valence-electron chi connectivity index (χ2n) is 7.53. The van der Waals surface area contributed by atoms with Crippen LogP contribution in [0.25, 0.3) is 10.2 Å². The van der Waals surface area contributed by atoms with Crippen LogP contribution in [0, 0.1) is 18.6 Å². The Bertz CT molecular complexity index is 1220. The SMILES string of the molecule is COCc1nc(OC)c2c(C)c(C(=O)N3CCN(C(=O)c4ccc(F)c(F)c4)CC3)sc2n1. The standard InChI is InChI=1S/C22H22F2N4O4S/c1-12-17-19(32-3)25-16(11-31-2)26-20(17)33-18(12)22(30)28-8-6-27(7-9-28)21(29)13-4-5-14(23)15(24)10-13/h4-5,10H,6-9,11H2,1-3H3. The van der Waals surface area contributed by atoms with Gasteiger partial charge in [-0.25, -0.2) is 13.8 Å². The molecular formula is C22H22F2N4O4S. The van der Waals surface area contributed by atoms with E-state index < -0.39 is 17.5 Å². The van der Waals surface area contributed by atoms with E-state index in [1.54, 1.807) is 12.0 Å². The summed E-state index contributed by atoms with van der Waals surface area (Å²) in [6.07, 6.45) is 0. The summed E-state index contributed by atoms with van der Waals surface area (Å²) >= 11 is 1.27. The number of carbonyl (C=O) groups excluding carboxylic acids is 2. The molecule has 11 heteroatoms. The van der Waals surface area contributed by atoms with Crippen molar-refractivity contribution in [1.82, 2.24) is 19.8 Å². The van der Waals surface area contributed by atoms with E-state index in [-0.39, 0.29) is 31.2 Å². The molecule has 0 spiro atoms. The summed E-state index contributed by atoms with van der Waals surface area (Å²) in [5, 5.41) is 0.692. The molecule has 0 bridgehead atoms. The van der Waals surface area contributed by atoms with Crippen molar-refractivity contribution >= 4 is 33.4 Å². The lowest BCUT2D eigenvalue weighted by Gasteiger charge is -2.34. The van der Waals surface area contributed by atoms with Gasteiger partial charge in [-0.15, -0.1) is 11.3 Å². The molecule has 1 saturated heterocycles. The number of fused-ring (bicyclic) bond motifs is 1. The molecule has 1 fully saturated rings. The van der Waals surface area contributed by atoms with Gasteiger partial charge in [0.15, 0.2) is 17.5 Å². The maximum absolute atomic E-state index is 13.5. The van der Waals surface area contributed by atoms with Gasteiger partial charge in [-0.3, -0.25) is 9.59 Å². The van der Waals surface area contributed by atoms with E-state index in [0.717, 1.165) is 17.7 Å². The normalized spacial score (nSPS) is 14.1. The summed E-state index contributed by atoms with van der Waals surface area (Å²) in [5.74, 6) is -1.78. The number of hydrogen-bond acceptors (Lipinski definition) is 7. The quantitative estimate of drug-likeness (QED) is 0.563. The third kappa shape index (κ3) is 4.38. The predicted octanol–water partition coefficient (Wildman–Crippen LogP) is 3.03. The number of nitrogens with zero attached hydrogens (tertiary/aromatic N) is 4. The van der Waals surface area contributed by atoms with Crippen LogP contribution in [0.5, 0.6) is 5.88 Å². The summed E-state index contributed by atoms with van der Waals surface area (Å²) in [6, 6.07) is 3.08. The van der Waals surface area contributed by atoms with E-state index in [1.165, 1.54) is 29.4 Å². The number of hydrogen-bond donors (Lipinski definition) is 0. The molecule has 2 aromatic heterocycles. The first-order valence-electron chi connectivity index (χ1n) is 10.2. The molecule has 0 aliphatic carbocycles. The number of thiophene rings is 1. The van der Waals surface area contributed by atoms with E-state index in [4.69, 9.17) is 9.47 Å². The highest BCUT2D eigenvalue weighted by atomic mass is 32.1. The van der Waals surface area contributed by atoms with Gasteiger partial charge in [-0.2, -0.15) is 4.98 Å². The number of aryl methyl sites for hydroxylation is 1. The van der Waals surface area contributed by atoms with E-state index in [0.29, 0.717) is 39.9 Å². The lowest BCUT2D eigenvalue weighted by molar-refractivity contribution is 0.0537. The van der Waals surface area contributed by atoms with Crippen LogP contribution in [-0.4, -0.2) is 72.0 Å². The molecule has 3 heterocycles. The number of piperazine rings is 1. The van der Waals surface area contributed by atoms with Crippen LogP contribution in [0.2, 0.25) is 0 Å². The average Bonchev–Trinajstić information content (AvgIpc) is 3.16. The molecule has 0 radical (unpaired) electrons. The number of halogens is 2. The van der Waals surface area contributed by atoms with Crippen LogP contribution in [-0.2, 0) is 11.3 Å². The molecule has 1 aromatic carbocycles. The average molecular weight is 477 g/mol. The summed E-state index contributed by atoms with van der Waals surface area (Å²) in [5.41, 5.74) is 0.813. The van der Waals surface area contributed by atoms with Crippen LogP contribution in [0.4, 0.5) is 8.78 Å². The van der Waals surface area contributed by atoms with Gasteiger partial charge < -0.3 is 19.3 Å². The zero-order valence-corrected chi connectivity index (χ0v) is 19.2. The van der Waals surface area contributed by atoms with E-state index in [1.807, 2.05) is 6.92 Å². The Labute approximate surface area is 192 Å². The molecular weight excluding hydrogens is 454 g/mol. The molecule has 0 atom stereocenters. The topological polar surface area (TPSA) is 84.9 Å². The highest BCUT2D eigenvalue weighted by Crippen LogP contribution is 2.35. The lowest BCUT2D eigenvalue weighted by Crippen LogP contribution is -2.50. The number of aromatic nitrogens is 2. The fourth-order valence-electron chi connectivity index (χ4n) is 3.76. The molecule has 2 amide bonds. The van der Waals surface area contributed by atoms with Crippen molar-refractivity contribution < 1.29 is 27.8 Å². The van der Waals surface area contributed by atoms with Gasteiger partial charge in [0, 0.05) is 38.9 Å². The van der Waals surface area contributed by atoms with Gasteiger partial charge in [0.25, 0.3) is 11.8 Å². The Morgan fingerprint density at radius 3 is 2.30 bits per heavy atom.